The number of nitrogens with two attached hydrogens (primary N) is 1. The van der Waals surface area contributed by atoms with Gasteiger partial charge in [0.1, 0.15) is 11.6 Å². The van der Waals surface area contributed by atoms with Crippen LogP contribution in [0.5, 0.6) is 0 Å². The molecule has 0 saturated heterocycles. The summed E-state index contributed by atoms with van der Waals surface area (Å²) in [4.78, 5) is 4.57. The molecule has 0 aliphatic rings. The number of primary sulfonamides is 1. The zero-order valence-corrected chi connectivity index (χ0v) is 17.0. The van der Waals surface area contributed by atoms with Crippen LogP contribution in [0.3, 0.4) is 0 Å². The Hall–Kier alpha value is -3.17. The maximum Gasteiger partial charge on any atom is 0.238 e. The number of halogens is 1. The van der Waals surface area contributed by atoms with Crippen molar-refractivity contribution < 1.29 is 17.2 Å². The highest BCUT2D eigenvalue weighted by molar-refractivity contribution is 7.89. The van der Waals surface area contributed by atoms with E-state index >= 15 is 0 Å². The Morgan fingerprint density at radius 3 is 2.50 bits per heavy atom. The molecule has 2 aromatic carbocycles. The Labute approximate surface area is 174 Å². The smallest absolute Gasteiger partial charge is 0.238 e. The van der Waals surface area contributed by atoms with Gasteiger partial charge in [-0.25, -0.2) is 22.9 Å². The molecule has 0 aliphatic carbocycles. The molecule has 158 valence electrons. The van der Waals surface area contributed by atoms with Crippen molar-refractivity contribution in [3.63, 3.8) is 0 Å². The summed E-state index contributed by atoms with van der Waals surface area (Å²) >= 11 is 0. The quantitative estimate of drug-likeness (QED) is 0.376. The maximum absolute atomic E-state index is 13.4. The van der Waals surface area contributed by atoms with Gasteiger partial charge in [0, 0.05) is 19.5 Å². The topological polar surface area (TPSA) is 110 Å². The lowest BCUT2D eigenvalue weighted by atomic mass is 10.2. The van der Waals surface area contributed by atoms with Crippen molar-refractivity contribution in [2.24, 2.45) is 10.1 Å². The molecular formula is C21H23FN4O3S. The molecular weight excluding hydrogens is 407 g/mol. The van der Waals surface area contributed by atoms with Gasteiger partial charge in [0.15, 0.2) is 5.96 Å². The molecule has 4 N–H and O–H groups in total. The predicted octanol–water partition coefficient (Wildman–Crippen LogP) is 2.54. The molecule has 0 atom stereocenters. The van der Waals surface area contributed by atoms with Crippen molar-refractivity contribution in [3.05, 3.63) is 89.6 Å². The van der Waals surface area contributed by atoms with E-state index in [-0.39, 0.29) is 10.7 Å². The minimum atomic E-state index is -3.72. The molecule has 0 saturated carbocycles. The van der Waals surface area contributed by atoms with Crippen LogP contribution in [0, 0.1) is 5.82 Å². The molecule has 0 amide bonds. The van der Waals surface area contributed by atoms with Crippen LogP contribution in [0.4, 0.5) is 4.39 Å². The minimum absolute atomic E-state index is 0.0582. The number of rotatable bonds is 8. The molecule has 3 aromatic rings. The van der Waals surface area contributed by atoms with Gasteiger partial charge in [0.05, 0.1) is 17.7 Å². The zero-order valence-electron chi connectivity index (χ0n) is 16.2. The van der Waals surface area contributed by atoms with Gasteiger partial charge in [-0.2, -0.15) is 0 Å². The van der Waals surface area contributed by atoms with Crippen LogP contribution in [0.15, 0.2) is 81.2 Å². The first-order chi connectivity index (χ1) is 14.4. The van der Waals surface area contributed by atoms with E-state index in [0.29, 0.717) is 32.0 Å². The first-order valence-electron chi connectivity index (χ1n) is 9.31. The second kappa shape index (κ2) is 10.0. The fraction of sp³-hybridized carbons (Fsp3) is 0.190. The summed E-state index contributed by atoms with van der Waals surface area (Å²) in [6.07, 6.45) is 2.30. The van der Waals surface area contributed by atoms with Gasteiger partial charge in [-0.3, -0.25) is 0 Å². The van der Waals surface area contributed by atoms with E-state index in [2.05, 4.69) is 15.6 Å². The third-order valence-corrected chi connectivity index (χ3v) is 5.19. The molecule has 0 fully saturated rings. The Balaban J connectivity index is 1.64. The van der Waals surface area contributed by atoms with Crippen LogP contribution in [0.1, 0.15) is 16.9 Å². The number of hydrogen-bond acceptors (Lipinski definition) is 4. The zero-order chi connectivity index (χ0) is 21.4. The van der Waals surface area contributed by atoms with Crippen molar-refractivity contribution in [3.8, 4) is 0 Å². The molecule has 0 aliphatic heterocycles. The highest BCUT2D eigenvalue weighted by Crippen LogP contribution is 2.09. The van der Waals surface area contributed by atoms with Crippen LogP contribution in [-0.4, -0.2) is 20.9 Å². The summed E-state index contributed by atoms with van der Waals surface area (Å²) < 4.78 is 41.5. The SMILES string of the molecule is NS(=O)(=O)c1ccc(CNC(=NCc2cccc(F)c2)NCCc2ccco2)cc1. The third-order valence-electron chi connectivity index (χ3n) is 4.26. The number of furan rings is 1. The standard InChI is InChI=1S/C21H23FN4O3S/c22-18-4-1-3-17(13-18)15-26-21(24-11-10-19-5-2-12-29-19)25-14-16-6-8-20(9-7-16)30(23,27)28/h1-9,12-13H,10-11,14-15H2,(H2,23,27,28)(H2,24,25,26). The van der Waals surface area contributed by atoms with Crippen molar-refractivity contribution in [1.82, 2.24) is 10.6 Å². The number of nitrogens with zero attached hydrogens (tertiary/aromatic N) is 1. The fourth-order valence-corrected chi connectivity index (χ4v) is 3.24. The monoisotopic (exact) mass is 430 g/mol. The first-order valence-corrected chi connectivity index (χ1v) is 10.9. The van der Waals surface area contributed by atoms with Gasteiger partial charge >= 0.3 is 0 Å². The Morgan fingerprint density at radius 2 is 1.83 bits per heavy atom. The predicted molar refractivity (Wildman–Crippen MR) is 113 cm³/mol. The van der Waals surface area contributed by atoms with Crippen LogP contribution in [-0.2, 0) is 29.5 Å². The average molecular weight is 431 g/mol. The van der Waals surface area contributed by atoms with E-state index < -0.39 is 10.0 Å². The lowest BCUT2D eigenvalue weighted by Gasteiger charge is -2.13. The second-order valence-electron chi connectivity index (χ2n) is 6.59. The van der Waals surface area contributed by atoms with Crippen molar-refractivity contribution in [1.29, 1.82) is 0 Å². The Bertz CT molecular complexity index is 1080. The van der Waals surface area contributed by atoms with Crippen LogP contribution < -0.4 is 15.8 Å². The molecule has 0 bridgehead atoms. The summed E-state index contributed by atoms with van der Waals surface area (Å²) in [6, 6.07) is 16.3. The third kappa shape index (κ3) is 6.71. The average Bonchev–Trinajstić information content (AvgIpc) is 3.23. The molecule has 30 heavy (non-hydrogen) atoms. The van der Waals surface area contributed by atoms with Crippen LogP contribution in [0.2, 0.25) is 0 Å². The summed E-state index contributed by atoms with van der Waals surface area (Å²) in [5.41, 5.74) is 1.60. The van der Waals surface area contributed by atoms with E-state index in [1.807, 2.05) is 12.1 Å². The number of guanidine groups is 1. The van der Waals surface area contributed by atoms with Crippen molar-refractivity contribution in [2.75, 3.05) is 6.54 Å². The number of sulfonamides is 1. The number of nitrogens with one attached hydrogen (secondary N) is 2. The number of benzene rings is 2. The fourth-order valence-electron chi connectivity index (χ4n) is 2.72. The van der Waals surface area contributed by atoms with E-state index in [0.717, 1.165) is 16.9 Å². The van der Waals surface area contributed by atoms with Crippen molar-refractivity contribution in [2.45, 2.75) is 24.4 Å². The molecule has 0 radical (unpaired) electrons. The minimum Gasteiger partial charge on any atom is -0.469 e. The number of aliphatic imine (C=N–C) groups is 1. The molecule has 0 unspecified atom stereocenters. The maximum atomic E-state index is 13.4. The van der Waals surface area contributed by atoms with Crippen LogP contribution in [0.25, 0.3) is 0 Å². The Kier molecular flexibility index (Phi) is 7.21. The summed E-state index contributed by atoms with van der Waals surface area (Å²) in [5, 5.41) is 11.5. The Morgan fingerprint density at radius 1 is 1.03 bits per heavy atom. The molecule has 3 rings (SSSR count). The second-order valence-corrected chi connectivity index (χ2v) is 8.15. The van der Waals surface area contributed by atoms with Gasteiger partial charge in [-0.1, -0.05) is 24.3 Å². The summed E-state index contributed by atoms with van der Waals surface area (Å²) in [7, 11) is -3.72. The molecule has 1 aromatic heterocycles. The lowest BCUT2D eigenvalue weighted by molar-refractivity contribution is 0.506. The van der Waals surface area contributed by atoms with E-state index in [9.17, 15) is 12.8 Å². The van der Waals surface area contributed by atoms with Gasteiger partial charge in [-0.15, -0.1) is 0 Å². The summed E-state index contributed by atoms with van der Waals surface area (Å²) in [6.45, 7) is 1.31. The molecule has 1 heterocycles. The van der Waals surface area contributed by atoms with Crippen LogP contribution >= 0.6 is 0 Å². The molecule has 0 spiro atoms. The lowest BCUT2D eigenvalue weighted by Crippen LogP contribution is -2.38. The van der Waals surface area contributed by atoms with Gasteiger partial charge in [-0.05, 0) is 47.5 Å². The van der Waals surface area contributed by atoms with Gasteiger partial charge in [0.25, 0.3) is 0 Å². The number of hydrogen-bond donors (Lipinski definition) is 3. The normalized spacial score (nSPS) is 12.0. The highest BCUT2D eigenvalue weighted by Gasteiger charge is 2.07. The molecule has 7 nitrogen and oxygen atoms in total. The van der Waals surface area contributed by atoms with E-state index in [4.69, 9.17) is 9.56 Å². The van der Waals surface area contributed by atoms with Gasteiger partial charge in [0.2, 0.25) is 10.0 Å². The van der Waals surface area contributed by atoms with Crippen molar-refractivity contribution >= 4 is 16.0 Å². The van der Waals surface area contributed by atoms with E-state index in [1.54, 1.807) is 30.5 Å². The molecule has 9 heteroatoms. The summed E-state index contributed by atoms with van der Waals surface area (Å²) in [5.74, 6) is 1.09. The highest BCUT2D eigenvalue weighted by atomic mass is 32.2. The van der Waals surface area contributed by atoms with E-state index in [1.165, 1.54) is 24.3 Å². The first kappa shape index (κ1) is 21.5. The largest absolute Gasteiger partial charge is 0.469 e. The van der Waals surface area contributed by atoms with Gasteiger partial charge < -0.3 is 15.1 Å².